The largest absolute Gasteiger partial charge is 0.0654 e. The predicted molar refractivity (Wildman–Crippen MR) is 118 cm³/mol. The molecule has 0 aromatic heterocycles. The Hall–Kier alpha value is -1.82. The third-order valence-electron chi connectivity index (χ3n) is 6.82. The zero-order valence-electron chi connectivity index (χ0n) is 17.6. The van der Waals surface area contributed by atoms with E-state index < -0.39 is 0 Å². The van der Waals surface area contributed by atoms with Crippen LogP contribution in [0.15, 0.2) is 48.0 Å². The van der Waals surface area contributed by atoms with E-state index in [1.165, 1.54) is 66.3 Å². The van der Waals surface area contributed by atoms with Crippen molar-refractivity contribution in [1.82, 2.24) is 0 Å². The lowest BCUT2D eigenvalue weighted by molar-refractivity contribution is 0.118. The lowest BCUT2D eigenvalue weighted by atomic mass is 9.63. The highest BCUT2D eigenvalue weighted by molar-refractivity contribution is 5.81. The maximum atomic E-state index is 2.53. The van der Waals surface area contributed by atoms with Crippen molar-refractivity contribution >= 4 is 6.08 Å². The molecule has 27 heavy (non-hydrogen) atoms. The van der Waals surface area contributed by atoms with Crippen molar-refractivity contribution in [3.8, 4) is 11.1 Å². The van der Waals surface area contributed by atoms with Gasteiger partial charge in [-0.05, 0) is 70.8 Å². The van der Waals surface area contributed by atoms with Crippen molar-refractivity contribution in [3.63, 3.8) is 0 Å². The van der Waals surface area contributed by atoms with E-state index in [4.69, 9.17) is 0 Å². The van der Waals surface area contributed by atoms with E-state index in [0.29, 0.717) is 5.41 Å². The molecular formula is C27H34. The van der Waals surface area contributed by atoms with E-state index in [2.05, 4.69) is 76.2 Å². The fourth-order valence-electron chi connectivity index (χ4n) is 5.16. The predicted octanol–water partition coefficient (Wildman–Crippen LogP) is 7.95. The van der Waals surface area contributed by atoms with Crippen molar-refractivity contribution in [2.24, 2.45) is 5.41 Å². The van der Waals surface area contributed by atoms with E-state index in [1.807, 2.05) is 0 Å². The van der Waals surface area contributed by atoms with Gasteiger partial charge in [-0.15, -0.1) is 0 Å². The SMILES string of the molecule is CCCC1(CC2=Cc3c(cccc3-c3ccc(C(C)(C)C)cc3)C2)CCC1. The molecule has 0 heterocycles. The molecule has 0 aliphatic heterocycles. The van der Waals surface area contributed by atoms with E-state index in [-0.39, 0.29) is 5.41 Å². The standard InChI is InChI=1S/C27H34/c1-5-14-27(15-7-16-27)19-20-17-22-8-6-9-24(25(22)18-20)21-10-12-23(13-11-21)26(2,3)4/h6,8-13,18H,5,7,14-17,19H2,1-4H3. The monoisotopic (exact) mass is 358 g/mol. The molecule has 4 rings (SSSR count). The van der Waals surface area contributed by atoms with Crippen molar-refractivity contribution in [3.05, 3.63) is 64.7 Å². The molecule has 0 unspecified atom stereocenters. The van der Waals surface area contributed by atoms with Gasteiger partial charge in [-0.3, -0.25) is 0 Å². The lowest BCUT2D eigenvalue weighted by Gasteiger charge is -2.42. The quantitative estimate of drug-likeness (QED) is 0.508. The van der Waals surface area contributed by atoms with Crippen LogP contribution in [0.4, 0.5) is 0 Å². The third-order valence-corrected chi connectivity index (χ3v) is 6.82. The van der Waals surface area contributed by atoms with Crippen LogP contribution in [0, 0.1) is 5.41 Å². The second kappa shape index (κ2) is 6.97. The van der Waals surface area contributed by atoms with Gasteiger partial charge in [0.2, 0.25) is 0 Å². The summed E-state index contributed by atoms with van der Waals surface area (Å²) in [6.45, 7) is 9.19. The molecule has 0 amide bonds. The summed E-state index contributed by atoms with van der Waals surface area (Å²) < 4.78 is 0. The smallest absolute Gasteiger partial charge is 0.00574 e. The minimum Gasteiger partial charge on any atom is -0.0654 e. The van der Waals surface area contributed by atoms with E-state index in [9.17, 15) is 0 Å². The number of hydrogen-bond acceptors (Lipinski definition) is 0. The van der Waals surface area contributed by atoms with E-state index in [1.54, 1.807) is 5.57 Å². The Kier molecular flexibility index (Phi) is 4.78. The van der Waals surface area contributed by atoms with Crippen molar-refractivity contribution in [2.45, 2.75) is 78.1 Å². The van der Waals surface area contributed by atoms with Gasteiger partial charge in [0, 0.05) is 0 Å². The summed E-state index contributed by atoms with van der Waals surface area (Å²) >= 11 is 0. The second-order valence-corrected chi connectivity index (χ2v) is 9.97. The third kappa shape index (κ3) is 3.64. The van der Waals surface area contributed by atoms with Crippen LogP contribution in [-0.4, -0.2) is 0 Å². The van der Waals surface area contributed by atoms with Crippen LogP contribution in [0.25, 0.3) is 17.2 Å². The van der Waals surface area contributed by atoms with Gasteiger partial charge >= 0.3 is 0 Å². The average Bonchev–Trinajstić information content (AvgIpc) is 3.01. The fraction of sp³-hybridized carbons (Fsp3) is 0.481. The van der Waals surface area contributed by atoms with Crippen LogP contribution in [0.3, 0.4) is 0 Å². The first kappa shape index (κ1) is 18.5. The molecule has 2 aliphatic carbocycles. The molecule has 0 saturated heterocycles. The highest BCUT2D eigenvalue weighted by atomic mass is 14.4. The summed E-state index contributed by atoms with van der Waals surface area (Å²) in [4.78, 5) is 0. The molecule has 0 bridgehead atoms. The first-order chi connectivity index (χ1) is 12.9. The Bertz CT molecular complexity index is 839. The number of allylic oxidation sites excluding steroid dienone is 1. The van der Waals surface area contributed by atoms with Crippen molar-refractivity contribution in [2.75, 3.05) is 0 Å². The number of fused-ring (bicyclic) bond motifs is 1. The highest BCUT2D eigenvalue weighted by Gasteiger charge is 2.37. The topological polar surface area (TPSA) is 0 Å². The Labute approximate surface area is 165 Å². The summed E-state index contributed by atoms with van der Waals surface area (Å²) in [5, 5.41) is 0. The molecule has 0 nitrogen and oxygen atoms in total. The maximum absolute atomic E-state index is 2.53. The summed E-state index contributed by atoms with van der Waals surface area (Å²) in [5.74, 6) is 0. The minimum atomic E-state index is 0.209. The molecule has 0 atom stereocenters. The highest BCUT2D eigenvalue weighted by Crippen LogP contribution is 2.51. The van der Waals surface area contributed by atoms with Crippen LogP contribution in [0.1, 0.15) is 82.9 Å². The molecule has 0 radical (unpaired) electrons. The summed E-state index contributed by atoms with van der Waals surface area (Å²) in [7, 11) is 0. The molecule has 2 aromatic carbocycles. The molecule has 2 aliphatic rings. The van der Waals surface area contributed by atoms with Crippen LogP contribution in [-0.2, 0) is 11.8 Å². The molecule has 142 valence electrons. The molecule has 2 aromatic rings. The van der Waals surface area contributed by atoms with Gasteiger partial charge in [0.1, 0.15) is 0 Å². The fourth-order valence-corrected chi connectivity index (χ4v) is 5.16. The van der Waals surface area contributed by atoms with Crippen LogP contribution in [0.5, 0.6) is 0 Å². The van der Waals surface area contributed by atoms with E-state index >= 15 is 0 Å². The Morgan fingerprint density at radius 1 is 0.963 bits per heavy atom. The maximum Gasteiger partial charge on any atom is -0.00574 e. The first-order valence-electron chi connectivity index (χ1n) is 10.8. The van der Waals surface area contributed by atoms with E-state index in [0.717, 1.165) is 6.42 Å². The molecular weight excluding hydrogens is 324 g/mol. The zero-order chi connectivity index (χ0) is 19.1. The normalized spacial score (nSPS) is 18.0. The van der Waals surface area contributed by atoms with Crippen LogP contribution < -0.4 is 0 Å². The van der Waals surface area contributed by atoms with Gasteiger partial charge in [-0.1, -0.05) is 94.7 Å². The molecule has 1 saturated carbocycles. The minimum absolute atomic E-state index is 0.209. The van der Waals surface area contributed by atoms with Gasteiger partial charge < -0.3 is 0 Å². The van der Waals surface area contributed by atoms with Gasteiger partial charge in [-0.25, -0.2) is 0 Å². The van der Waals surface area contributed by atoms with Gasteiger partial charge in [0.15, 0.2) is 0 Å². The summed E-state index contributed by atoms with van der Waals surface area (Å²) in [5.41, 5.74) is 9.65. The number of hydrogen-bond donors (Lipinski definition) is 0. The molecule has 0 heteroatoms. The zero-order valence-corrected chi connectivity index (χ0v) is 17.6. The summed E-state index contributed by atoms with van der Waals surface area (Å²) in [6.07, 6.45) is 12.1. The first-order valence-corrected chi connectivity index (χ1v) is 10.8. The van der Waals surface area contributed by atoms with Crippen LogP contribution >= 0.6 is 0 Å². The second-order valence-electron chi connectivity index (χ2n) is 9.97. The summed E-state index contributed by atoms with van der Waals surface area (Å²) in [6, 6.07) is 16.1. The van der Waals surface area contributed by atoms with Gasteiger partial charge in [-0.2, -0.15) is 0 Å². The number of rotatable bonds is 5. The van der Waals surface area contributed by atoms with Gasteiger partial charge in [0.25, 0.3) is 0 Å². The van der Waals surface area contributed by atoms with Gasteiger partial charge in [0.05, 0.1) is 0 Å². The van der Waals surface area contributed by atoms with Crippen LogP contribution in [0.2, 0.25) is 0 Å². The number of benzene rings is 2. The lowest BCUT2D eigenvalue weighted by Crippen LogP contribution is -2.29. The Morgan fingerprint density at radius 2 is 1.70 bits per heavy atom. The molecule has 0 spiro atoms. The Morgan fingerprint density at radius 3 is 2.30 bits per heavy atom. The molecule has 1 fully saturated rings. The van der Waals surface area contributed by atoms with Crippen molar-refractivity contribution < 1.29 is 0 Å². The van der Waals surface area contributed by atoms with Crippen molar-refractivity contribution in [1.29, 1.82) is 0 Å². The Balaban J connectivity index is 1.61. The average molecular weight is 359 g/mol. The molecule has 0 N–H and O–H groups in total.